The van der Waals surface area contributed by atoms with Crippen LogP contribution in [0.1, 0.15) is 64.9 Å². The van der Waals surface area contributed by atoms with Crippen LogP contribution in [0.15, 0.2) is 18.2 Å². The fourth-order valence-corrected chi connectivity index (χ4v) is 6.30. The summed E-state index contributed by atoms with van der Waals surface area (Å²) < 4.78 is 53.3. The molecule has 3 aliphatic rings. The van der Waals surface area contributed by atoms with E-state index in [2.05, 4.69) is 0 Å². The van der Waals surface area contributed by atoms with Gasteiger partial charge in [0.05, 0.1) is 18.5 Å². The molecule has 2 atom stereocenters. The monoisotopic (exact) mass is 567 g/mol. The summed E-state index contributed by atoms with van der Waals surface area (Å²) in [7, 11) is -4.37. The lowest BCUT2D eigenvalue weighted by molar-refractivity contribution is -0.170. The minimum Gasteiger partial charge on any atom is -0.506 e. The number of esters is 1. The maximum absolute atomic E-state index is 15.7. The molecule has 0 unspecified atom stereocenters. The summed E-state index contributed by atoms with van der Waals surface area (Å²) in [5, 5.41) is 10.3. The van der Waals surface area contributed by atoms with E-state index in [1.54, 1.807) is 10.8 Å². The molecule has 2 aliphatic heterocycles. The highest BCUT2D eigenvalue weighted by Gasteiger charge is 2.39. The van der Waals surface area contributed by atoms with Crippen molar-refractivity contribution in [1.82, 2.24) is 9.62 Å². The molecule has 1 saturated heterocycles. The third-order valence-electron chi connectivity index (χ3n) is 7.16. The summed E-state index contributed by atoms with van der Waals surface area (Å²) in [6.45, 7) is 4.79. The maximum Gasteiger partial charge on any atom is 0.413 e. The first kappa shape index (κ1) is 28.7. The minimum absolute atomic E-state index is 0.0251. The molecule has 2 amide bonds. The second-order valence-electron chi connectivity index (χ2n) is 10.6. The molecule has 0 bridgehead atoms. The van der Waals surface area contributed by atoms with E-state index in [1.165, 1.54) is 17.9 Å². The van der Waals surface area contributed by atoms with E-state index >= 15 is 4.39 Å². The second-order valence-corrected chi connectivity index (χ2v) is 12.2. The van der Waals surface area contributed by atoms with Crippen LogP contribution in [-0.4, -0.2) is 61.8 Å². The van der Waals surface area contributed by atoms with Gasteiger partial charge in [-0.3, -0.25) is 14.5 Å². The van der Waals surface area contributed by atoms with Crippen LogP contribution >= 0.6 is 0 Å². The molecular weight excluding hydrogens is 533 g/mol. The number of hydrogen-bond donors (Lipinski definition) is 2. The third-order valence-corrected chi connectivity index (χ3v) is 8.53. The number of carbonyl (C=O) groups is 3. The number of halogens is 1. The minimum atomic E-state index is -4.37. The van der Waals surface area contributed by atoms with Crippen LogP contribution in [0.25, 0.3) is 5.57 Å². The summed E-state index contributed by atoms with van der Waals surface area (Å²) in [4.78, 5) is 38.6. The number of hydrogen-bond acceptors (Lipinski definition) is 8. The summed E-state index contributed by atoms with van der Waals surface area (Å²) in [5.41, 5.74) is -0.298. The summed E-state index contributed by atoms with van der Waals surface area (Å²) >= 11 is 0. The highest BCUT2D eigenvalue weighted by Crippen LogP contribution is 2.39. The maximum atomic E-state index is 15.7. The Bertz CT molecular complexity index is 1280. The molecule has 1 aliphatic carbocycles. The molecule has 2 fully saturated rings. The fourth-order valence-electron chi connectivity index (χ4n) is 5.13. The van der Waals surface area contributed by atoms with Crippen LogP contribution < -0.4 is 9.03 Å². The molecule has 0 radical (unpaired) electrons. The molecule has 2 N–H and O–H groups in total. The van der Waals surface area contributed by atoms with Gasteiger partial charge in [-0.15, -0.1) is 0 Å². The Balaban J connectivity index is 1.55. The third kappa shape index (κ3) is 6.29. The van der Waals surface area contributed by atoms with Gasteiger partial charge in [0.25, 0.3) is 5.91 Å². The van der Waals surface area contributed by atoms with Crippen molar-refractivity contribution in [2.24, 2.45) is 11.8 Å². The first-order chi connectivity index (χ1) is 18.4. The standard InChI is InChI=1S/C26H34FN3O8S/c1-15(2)8-9-19-12-18(13-29(19)26(34)38-16(3)37-25(33)17-6-4-5-7-17)20-10-11-21(31)24(23(20)27)30-14-22(32)28-39(30,35)36/h10-12,15-17,19,31H,4-9,13-14H2,1-3H3,(H,28,32)/t16-,19-/m0/s1. The fraction of sp³-hybridized carbons (Fsp3) is 0.577. The van der Waals surface area contributed by atoms with E-state index in [0.29, 0.717) is 22.2 Å². The number of amides is 2. The Kier molecular flexibility index (Phi) is 8.38. The van der Waals surface area contributed by atoms with Gasteiger partial charge in [-0.25, -0.2) is 18.2 Å². The van der Waals surface area contributed by atoms with Gasteiger partial charge >= 0.3 is 22.3 Å². The number of phenols is 1. The highest BCUT2D eigenvalue weighted by atomic mass is 32.2. The van der Waals surface area contributed by atoms with E-state index < -0.39 is 64.3 Å². The van der Waals surface area contributed by atoms with E-state index in [-0.39, 0.29) is 18.0 Å². The number of nitrogens with zero attached hydrogens (tertiary/aromatic N) is 2. The number of phenolic OH excluding ortho intramolecular Hbond substituents is 1. The number of aromatic hydroxyl groups is 1. The molecule has 13 heteroatoms. The zero-order valence-electron chi connectivity index (χ0n) is 22.2. The molecule has 1 aromatic rings. The van der Waals surface area contributed by atoms with Crippen molar-refractivity contribution in [3.8, 4) is 5.75 Å². The normalized spacial score (nSPS) is 21.7. The van der Waals surface area contributed by atoms with Crippen molar-refractivity contribution in [3.05, 3.63) is 29.6 Å². The van der Waals surface area contributed by atoms with Gasteiger partial charge < -0.3 is 14.6 Å². The zero-order valence-corrected chi connectivity index (χ0v) is 23.0. The Morgan fingerprint density at radius 2 is 1.85 bits per heavy atom. The molecule has 1 saturated carbocycles. The molecule has 0 spiro atoms. The van der Waals surface area contributed by atoms with Crippen LogP contribution in [-0.2, 0) is 29.3 Å². The number of benzene rings is 1. The van der Waals surface area contributed by atoms with Gasteiger partial charge in [-0.1, -0.05) is 32.8 Å². The first-order valence-electron chi connectivity index (χ1n) is 13.1. The molecule has 214 valence electrons. The predicted molar refractivity (Wildman–Crippen MR) is 139 cm³/mol. The van der Waals surface area contributed by atoms with Gasteiger partial charge in [0.15, 0.2) is 5.82 Å². The average Bonchev–Trinajstić information content (AvgIpc) is 3.57. The molecule has 4 rings (SSSR count). The van der Waals surface area contributed by atoms with Gasteiger partial charge in [0.1, 0.15) is 18.0 Å². The van der Waals surface area contributed by atoms with E-state index in [0.717, 1.165) is 38.2 Å². The number of carbonyl (C=O) groups excluding carboxylic acids is 3. The summed E-state index contributed by atoms with van der Waals surface area (Å²) in [6, 6.07) is 1.97. The largest absolute Gasteiger partial charge is 0.506 e. The van der Waals surface area contributed by atoms with E-state index in [1.807, 2.05) is 13.8 Å². The average molecular weight is 568 g/mol. The number of nitrogens with one attached hydrogen (secondary N) is 1. The Hall–Kier alpha value is -3.35. The van der Waals surface area contributed by atoms with Crippen molar-refractivity contribution in [2.45, 2.75) is 71.6 Å². The molecular formula is C26H34FN3O8S. The van der Waals surface area contributed by atoms with Crippen molar-refractivity contribution in [1.29, 1.82) is 0 Å². The van der Waals surface area contributed by atoms with Crippen molar-refractivity contribution in [2.75, 3.05) is 17.4 Å². The SMILES string of the molecule is CC(C)CC[C@H]1C=C(c2ccc(O)c(N3CC(=O)NS3(=O)=O)c2F)CN1C(=O)O[C@@H](C)OC(=O)C1CCCC1. The van der Waals surface area contributed by atoms with E-state index in [4.69, 9.17) is 9.47 Å². The van der Waals surface area contributed by atoms with Crippen LogP contribution in [0.2, 0.25) is 0 Å². The predicted octanol–water partition coefficient (Wildman–Crippen LogP) is 3.43. The number of anilines is 1. The van der Waals surface area contributed by atoms with Crippen LogP contribution in [0, 0.1) is 17.7 Å². The first-order valence-corrected chi connectivity index (χ1v) is 14.5. The topological polar surface area (TPSA) is 143 Å². The lowest BCUT2D eigenvalue weighted by Gasteiger charge is -2.26. The van der Waals surface area contributed by atoms with Gasteiger partial charge in [-0.2, -0.15) is 8.42 Å². The van der Waals surface area contributed by atoms with Gasteiger partial charge in [0.2, 0.25) is 6.29 Å². The van der Waals surface area contributed by atoms with Crippen LogP contribution in [0.4, 0.5) is 14.9 Å². The zero-order chi connectivity index (χ0) is 28.5. The second kappa shape index (κ2) is 11.4. The van der Waals surface area contributed by atoms with Gasteiger partial charge in [0, 0.05) is 12.5 Å². The van der Waals surface area contributed by atoms with Crippen molar-refractivity contribution in [3.63, 3.8) is 0 Å². The van der Waals surface area contributed by atoms with Crippen LogP contribution in [0.3, 0.4) is 0 Å². The Labute approximate surface area is 227 Å². The Morgan fingerprint density at radius 1 is 1.15 bits per heavy atom. The quantitative estimate of drug-likeness (QED) is 0.359. The molecule has 0 aromatic heterocycles. The summed E-state index contributed by atoms with van der Waals surface area (Å²) in [5.74, 6) is -2.81. The van der Waals surface area contributed by atoms with Crippen molar-refractivity contribution >= 4 is 39.4 Å². The smallest absolute Gasteiger partial charge is 0.413 e. The molecule has 39 heavy (non-hydrogen) atoms. The van der Waals surface area contributed by atoms with E-state index in [9.17, 15) is 27.9 Å². The highest BCUT2D eigenvalue weighted by molar-refractivity contribution is 7.92. The van der Waals surface area contributed by atoms with Crippen molar-refractivity contribution < 1.29 is 41.8 Å². The Morgan fingerprint density at radius 3 is 2.46 bits per heavy atom. The molecule has 1 aromatic carbocycles. The lowest BCUT2D eigenvalue weighted by Crippen LogP contribution is -2.39. The van der Waals surface area contributed by atoms with Crippen LogP contribution in [0.5, 0.6) is 5.75 Å². The lowest BCUT2D eigenvalue weighted by atomic mass is 10.0. The van der Waals surface area contributed by atoms with Gasteiger partial charge in [-0.05, 0) is 49.3 Å². The molecule has 11 nitrogen and oxygen atoms in total. The number of ether oxygens (including phenoxy) is 2. The number of rotatable bonds is 8. The summed E-state index contributed by atoms with van der Waals surface area (Å²) in [6.07, 6.45) is 4.59. The molecule has 2 heterocycles.